The van der Waals surface area contributed by atoms with E-state index >= 15 is 0 Å². The number of benzene rings is 1. The monoisotopic (exact) mass is 356 g/mol. The lowest BCUT2D eigenvalue weighted by atomic mass is 10.0. The van der Waals surface area contributed by atoms with Crippen LogP contribution in [0.5, 0.6) is 0 Å². The lowest BCUT2D eigenvalue weighted by molar-refractivity contribution is 0.0944. The second-order valence-electron chi connectivity index (χ2n) is 6.49. The van der Waals surface area contributed by atoms with Crippen LogP contribution in [0, 0.1) is 13.8 Å². The first-order chi connectivity index (χ1) is 11.9. The normalized spacial score (nSPS) is 11.3. The zero-order chi connectivity index (χ0) is 18.1. The van der Waals surface area contributed by atoms with Crippen molar-refractivity contribution < 1.29 is 4.79 Å². The number of fused-ring (bicyclic) bond motifs is 1. The van der Waals surface area contributed by atoms with Crippen LogP contribution in [0.4, 0.5) is 0 Å². The number of nitrogens with zero attached hydrogens (tertiary/aromatic N) is 3. The van der Waals surface area contributed by atoms with Gasteiger partial charge >= 0.3 is 0 Å². The van der Waals surface area contributed by atoms with Crippen LogP contribution in [-0.4, -0.2) is 26.5 Å². The van der Waals surface area contributed by atoms with Gasteiger partial charge in [0.1, 0.15) is 5.56 Å². The van der Waals surface area contributed by atoms with Gasteiger partial charge < -0.3 is 5.32 Å². The lowest BCUT2D eigenvalue weighted by Crippen LogP contribution is -2.30. The summed E-state index contributed by atoms with van der Waals surface area (Å²) in [6.45, 7) is 7.83. The molecule has 2 aromatic heterocycles. The smallest absolute Gasteiger partial charge is 0.256 e. The molecule has 3 aromatic rings. The molecule has 1 aromatic carbocycles. The summed E-state index contributed by atoms with van der Waals surface area (Å²) in [5.41, 5.74) is 5.24. The summed E-state index contributed by atoms with van der Waals surface area (Å²) in [4.78, 5) is 17.0. The Morgan fingerprint density at radius 1 is 1.24 bits per heavy atom. The minimum Gasteiger partial charge on any atom is -0.350 e. The largest absolute Gasteiger partial charge is 0.350 e. The SMILES string of the molecule is Cc1nc2c(C(=O)NC(C)C)cnn2c(C)c1Cc1ccc(Cl)cc1. The third-order valence-corrected chi connectivity index (χ3v) is 4.42. The molecule has 0 saturated carbocycles. The maximum Gasteiger partial charge on any atom is 0.256 e. The van der Waals surface area contributed by atoms with E-state index in [2.05, 4.69) is 15.4 Å². The Morgan fingerprint density at radius 3 is 2.56 bits per heavy atom. The molecule has 1 N–H and O–H groups in total. The standard InChI is InChI=1S/C19H21ClN4O/c1-11(2)22-19(25)17-10-21-24-13(4)16(12(3)23-18(17)24)9-14-5-7-15(20)8-6-14/h5-8,10-11H,9H2,1-4H3,(H,22,25). The Bertz CT molecular complexity index is 929. The van der Waals surface area contributed by atoms with Crippen molar-refractivity contribution in [1.82, 2.24) is 19.9 Å². The second kappa shape index (κ2) is 6.84. The average Bonchev–Trinajstić information content (AvgIpc) is 2.96. The van der Waals surface area contributed by atoms with E-state index in [-0.39, 0.29) is 11.9 Å². The molecule has 0 bridgehead atoms. The van der Waals surface area contributed by atoms with E-state index in [0.717, 1.165) is 34.0 Å². The summed E-state index contributed by atoms with van der Waals surface area (Å²) in [5, 5.41) is 7.99. The topological polar surface area (TPSA) is 59.3 Å². The number of hydrogen-bond donors (Lipinski definition) is 1. The van der Waals surface area contributed by atoms with Crippen LogP contribution in [0.25, 0.3) is 5.65 Å². The fraction of sp³-hybridized carbons (Fsp3) is 0.316. The highest BCUT2D eigenvalue weighted by Crippen LogP contribution is 2.21. The third-order valence-electron chi connectivity index (χ3n) is 4.17. The maximum absolute atomic E-state index is 12.3. The Labute approximate surface area is 152 Å². The van der Waals surface area contributed by atoms with Crippen LogP contribution in [0.2, 0.25) is 5.02 Å². The molecule has 2 heterocycles. The number of carbonyl (C=O) groups excluding carboxylic acids is 1. The molecular formula is C19H21ClN4O. The van der Waals surface area contributed by atoms with Gasteiger partial charge in [0.15, 0.2) is 5.65 Å². The van der Waals surface area contributed by atoms with E-state index in [1.165, 1.54) is 0 Å². The summed E-state index contributed by atoms with van der Waals surface area (Å²) in [6, 6.07) is 7.85. The summed E-state index contributed by atoms with van der Waals surface area (Å²) in [5.74, 6) is -0.151. The number of aryl methyl sites for hydroxylation is 2. The molecule has 0 aliphatic heterocycles. The van der Waals surface area contributed by atoms with Crippen molar-refractivity contribution in [2.24, 2.45) is 0 Å². The van der Waals surface area contributed by atoms with E-state index in [0.29, 0.717) is 11.2 Å². The molecule has 6 heteroatoms. The van der Waals surface area contributed by atoms with Gasteiger partial charge in [-0.05, 0) is 51.0 Å². The third kappa shape index (κ3) is 3.51. The molecule has 0 fully saturated rings. The van der Waals surface area contributed by atoms with E-state index in [9.17, 15) is 4.79 Å². The van der Waals surface area contributed by atoms with Crippen molar-refractivity contribution in [3.63, 3.8) is 0 Å². The predicted molar refractivity (Wildman–Crippen MR) is 99.3 cm³/mol. The Hall–Kier alpha value is -2.40. The minimum atomic E-state index is -0.151. The molecule has 0 unspecified atom stereocenters. The van der Waals surface area contributed by atoms with Crippen molar-refractivity contribution in [1.29, 1.82) is 0 Å². The van der Waals surface area contributed by atoms with Gasteiger partial charge in [-0.25, -0.2) is 9.50 Å². The molecule has 25 heavy (non-hydrogen) atoms. The molecule has 1 amide bonds. The Morgan fingerprint density at radius 2 is 1.92 bits per heavy atom. The molecule has 0 radical (unpaired) electrons. The molecule has 5 nitrogen and oxygen atoms in total. The number of rotatable bonds is 4. The minimum absolute atomic E-state index is 0.0637. The molecule has 0 aliphatic carbocycles. The number of hydrogen-bond acceptors (Lipinski definition) is 3. The van der Waals surface area contributed by atoms with Gasteiger partial charge in [0.05, 0.1) is 6.20 Å². The number of carbonyl (C=O) groups is 1. The molecule has 3 rings (SSSR count). The van der Waals surface area contributed by atoms with E-state index < -0.39 is 0 Å². The first-order valence-electron chi connectivity index (χ1n) is 8.26. The van der Waals surface area contributed by atoms with Crippen molar-refractivity contribution in [3.8, 4) is 0 Å². The molecular weight excluding hydrogens is 336 g/mol. The summed E-state index contributed by atoms with van der Waals surface area (Å²) in [7, 11) is 0. The van der Waals surface area contributed by atoms with Crippen LogP contribution in [-0.2, 0) is 6.42 Å². The van der Waals surface area contributed by atoms with Gasteiger partial charge in [0, 0.05) is 28.9 Å². The first kappa shape index (κ1) is 17.4. The molecule has 0 saturated heterocycles. The fourth-order valence-electron chi connectivity index (χ4n) is 2.87. The summed E-state index contributed by atoms with van der Waals surface area (Å²) < 4.78 is 1.74. The van der Waals surface area contributed by atoms with E-state index in [1.807, 2.05) is 52.0 Å². The lowest BCUT2D eigenvalue weighted by Gasteiger charge is -2.12. The van der Waals surface area contributed by atoms with Crippen LogP contribution in [0.15, 0.2) is 30.5 Å². The molecule has 0 atom stereocenters. The van der Waals surface area contributed by atoms with Crippen molar-refractivity contribution in [2.75, 3.05) is 0 Å². The van der Waals surface area contributed by atoms with E-state index in [1.54, 1.807) is 10.7 Å². The van der Waals surface area contributed by atoms with Gasteiger partial charge in [-0.2, -0.15) is 5.10 Å². The van der Waals surface area contributed by atoms with Crippen molar-refractivity contribution in [3.05, 3.63) is 63.6 Å². The summed E-state index contributed by atoms with van der Waals surface area (Å²) >= 11 is 5.96. The van der Waals surface area contributed by atoms with Crippen molar-refractivity contribution in [2.45, 2.75) is 40.2 Å². The zero-order valence-electron chi connectivity index (χ0n) is 14.8. The number of amides is 1. The van der Waals surface area contributed by atoms with Crippen molar-refractivity contribution >= 4 is 23.2 Å². The Kier molecular flexibility index (Phi) is 4.77. The second-order valence-corrected chi connectivity index (χ2v) is 6.92. The highest BCUT2D eigenvalue weighted by molar-refractivity contribution is 6.30. The highest BCUT2D eigenvalue weighted by atomic mass is 35.5. The number of nitrogens with one attached hydrogen (secondary N) is 1. The summed E-state index contributed by atoms with van der Waals surface area (Å²) in [6.07, 6.45) is 2.32. The number of aromatic nitrogens is 3. The number of halogens is 1. The zero-order valence-corrected chi connectivity index (χ0v) is 15.6. The van der Waals surface area contributed by atoms with Gasteiger partial charge in [-0.15, -0.1) is 0 Å². The molecule has 0 spiro atoms. The molecule has 130 valence electrons. The van der Waals surface area contributed by atoms with Gasteiger partial charge in [0.25, 0.3) is 5.91 Å². The fourth-order valence-corrected chi connectivity index (χ4v) is 3.00. The first-order valence-corrected chi connectivity index (χ1v) is 8.63. The van der Waals surface area contributed by atoms with Gasteiger partial charge in [-0.3, -0.25) is 4.79 Å². The van der Waals surface area contributed by atoms with Gasteiger partial charge in [-0.1, -0.05) is 23.7 Å². The highest BCUT2D eigenvalue weighted by Gasteiger charge is 2.18. The van der Waals surface area contributed by atoms with Crippen LogP contribution >= 0.6 is 11.6 Å². The average molecular weight is 357 g/mol. The predicted octanol–water partition coefficient (Wildman–Crippen LogP) is 3.73. The van der Waals surface area contributed by atoms with Crippen LogP contribution in [0.1, 0.15) is 46.7 Å². The van der Waals surface area contributed by atoms with Crippen LogP contribution in [0.3, 0.4) is 0 Å². The van der Waals surface area contributed by atoms with E-state index in [4.69, 9.17) is 11.6 Å². The Balaban J connectivity index is 2.02. The van der Waals surface area contributed by atoms with Crippen LogP contribution < -0.4 is 5.32 Å². The molecule has 0 aliphatic rings. The maximum atomic E-state index is 12.3. The van der Waals surface area contributed by atoms with Gasteiger partial charge in [0.2, 0.25) is 0 Å². The quantitative estimate of drug-likeness (QED) is 0.774.